The van der Waals surface area contributed by atoms with Crippen LogP contribution < -0.4 is 5.32 Å². The Bertz CT molecular complexity index is 210. The highest BCUT2D eigenvalue weighted by Gasteiger charge is 2.05. The molecule has 0 aliphatic rings. The molecular formula is C10H15NS. The highest BCUT2D eigenvalue weighted by Crippen LogP contribution is 2.15. The average Bonchev–Trinajstić information content (AvgIpc) is 2.15. The molecule has 0 spiro atoms. The van der Waals surface area contributed by atoms with Gasteiger partial charge >= 0.3 is 0 Å². The molecule has 0 saturated heterocycles. The molecule has 0 bridgehead atoms. The van der Waals surface area contributed by atoms with E-state index in [4.69, 9.17) is 0 Å². The molecule has 0 fully saturated rings. The maximum atomic E-state index is 3.30. The predicted molar refractivity (Wildman–Crippen MR) is 56.6 cm³/mol. The van der Waals surface area contributed by atoms with Crippen molar-refractivity contribution in [1.29, 1.82) is 0 Å². The maximum Gasteiger partial charge on any atom is 0.0409 e. The summed E-state index contributed by atoms with van der Waals surface area (Å²) in [6.07, 6.45) is 2.13. The first kappa shape index (κ1) is 9.62. The summed E-state index contributed by atoms with van der Waals surface area (Å²) >= 11 is 1.87. The van der Waals surface area contributed by atoms with Crippen LogP contribution in [0.5, 0.6) is 0 Å². The summed E-state index contributed by atoms with van der Waals surface area (Å²) in [6.45, 7) is 0. The molecule has 1 atom stereocenters. The highest BCUT2D eigenvalue weighted by atomic mass is 32.2. The molecule has 1 aromatic rings. The number of benzene rings is 1. The van der Waals surface area contributed by atoms with Gasteiger partial charge in [0.15, 0.2) is 0 Å². The molecule has 1 rings (SSSR count). The van der Waals surface area contributed by atoms with Gasteiger partial charge < -0.3 is 5.32 Å². The highest BCUT2D eigenvalue weighted by molar-refractivity contribution is 7.98. The Kier molecular flexibility index (Phi) is 4.19. The van der Waals surface area contributed by atoms with E-state index in [2.05, 4.69) is 41.9 Å². The van der Waals surface area contributed by atoms with Crippen molar-refractivity contribution in [2.24, 2.45) is 0 Å². The smallest absolute Gasteiger partial charge is 0.0409 e. The molecule has 12 heavy (non-hydrogen) atoms. The van der Waals surface area contributed by atoms with Gasteiger partial charge in [-0.2, -0.15) is 11.8 Å². The summed E-state index contributed by atoms with van der Waals surface area (Å²) in [6, 6.07) is 11.0. The van der Waals surface area contributed by atoms with E-state index < -0.39 is 0 Å². The van der Waals surface area contributed by atoms with Crippen LogP contribution in [0.15, 0.2) is 30.3 Å². The monoisotopic (exact) mass is 181 g/mol. The molecule has 0 aromatic heterocycles. The van der Waals surface area contributed by atoms with E-state index in [0.717, 1.165) is 5.75 Å². The number of rotatable bonds is 4. The summed E-state index contributed by atoms with van der Waals surface area (Å²) in [5, 5.41) is 3.30. The van der Waals surface area contributed by atoms with Gasteiger partial charge in [-0.05, 0) is 18.9 Å². The van der Waals surface area contributed by atoms with Crippen molar-refractivity contribution in [3.8, 4) is 0 Å². The second-order valence-corrected chi connectivity index (χ2v) is 3.62. The van der Waals surface area contributed by atoms with E-state index in [9.17, 15) is 0 Å². The van der Waals surface area contributed by atoms with Gasteiger partial charge in [-0.3, -0.25) is 0 Å². The average molecular weight is 181 g/mol. The molecule has 1 unspecified atom stereocenters. The molecular weight excluding hydrogens is 166 g/mol. The van der Waals surface area contributed by atoms with Gasteiger partial charge in [0.1, 0.15) is 0 Å². The summed E-state index contributed by atoms with van der Waals surface area (Å²) in [5.41, 5.74) is 1.37. The van der Waals surface area contributed by atoms with Crippen molar-refractivity contribution in [3.63, 3.8) is 0 Å². The SMILES string of the molecule is CNC(CSC)c1ccccc1. The fraction of sp³-hybridized carbons (Fsp3) is 0.400. The Labute approximate surface area is 78.6 Å². The zero-order valence-electron chi connectivity index (χ0n) is 7.58. The Morgan fingerprint density at radius 2 is 2.00 bits per heavy atom. The lowest BCUT2D eigenvalue weighted by Gasteiger charge is -2.14. The molecule has 0 aliphatic heterocycles. The van der Waals surface area contributed by atoms with Gasteiger partial charge in [-0.1, -0.05) is 30.3 Å². The third kappa shape index (κ3) is 2.54. The minimum Gasteiger partial charge on any atom is -0.312 e. The number of thioether (sulfide) groups is 1. The number of hydrogen-bond acceptors (Lipinski definition) is 2. The van der Waals surface area contributed by atoms with Crippen LogP contribution >= 0.6 is 11.8 Å². The van der Waals surface area contributed by atoms with Gasteiger partial charge in [0, 0.05) is 11.8 Å². The van der Waals surface area contributed by atoms with E-state index in [1.807, 2.05) is 18.8 Å². The minimum atomic E-state index is 0.487. The zero-order valence-corrected chi connectivity index (χ0v) is 8.40. The Morgan fingerprint density at radius 3 is 2.50 bits per heavy atom. The summed E-state index contributed by atoms with van der Waals surface area (Å²) in [7, 11) is 2.01. The van der Waals surface area contributed by atoms with Crippen molar-refractivity contribution in [1.82, 2.24) is 5.32 Å². The first-order valence-corrected chi connectivity index (χ1v) is 5.49. The van der Waals surface area contributed by atoms with Crippen LogP contribution in [0.2, 0.25) is 0 Å². The Morgan fingerprint density at radius 1 is 1.33 bits per heavy atom. The van der Waals surface area contributed by atoms with Crippen molar-refractivity contribution < 1.29 is 0 Å². The topological polar surface area (TPSA) is 12.0 Å². The van der Waals surface area contributed by atoms with Gasteiger partial charge in [0.2, 0.25) is 0 Å². The van der Waals surface area contributed by atoms with Crippen LogP contribution in [0, 0.1) is 0 Å². The van der Waals surface area contributed by atoms with E-state index in [-0.39, 0.29) is 0 Å². The van der Waals surface area contributed by atoms with Crippen molar-refractivity contribution in [2.45, 2.75) is 6.04 Å². The standard InChI is InChI=1S/C10H15NS/c1-11-10(8-12-2)9-6-4-3-5-7-9/h3-7,10-11H,8H2,1-2H3. The first-order valence-electron chi connectivity index (χ1n) is 4.09. The van der Waals surface area contributed by atoms with Gasteiger partial charge in [0.05, 0.1) is 0 Å². The molecule has 0 heterocycles. The molecule has 1 aromatic carbocycles. The quantitative estimate of drug-likeness (QED) is 0.765. The third-order valence-electron chi connectivity index (χ3n) is 1.88. The van der Waals surface area contributed by atoms with Crippen LogP contribution in [0.25, 0.3) is 0 Å². The summed E-state index contributed by atoms with van der Waals surface area (Å²) < 4.78 is 0. The normalized spacial score (nSPS) is 12.8. The molecule has 2 heteroatoms. The van der Waals surface area contributed by atoms with Gasteiger partial charge in [-0.15, -0.1) is 0 Å². The maximum absolute atomic E-state index is 3.30. The lowest BCUT2D eigenvalue weighted by atomic mass is 10.1. The number of nitrogens with one attached hydrogen (secondary N) is 1. The van der Waals surface area contributed by atoms with Gasteiger partial charge in [-0.25, -0.2) is 0 Å². The van der Waals surface area contributed by atoms with Crippen LogP contribution in [0.4, 0.5) is 0 Å². The van der Waals surface area contributed by atoms with E-state index in [0.29, 0.717) is 6.04 Å². The van der Waals surface area contributed by atoms with Crippen LogP contribution in [0.3, 0.4) is 0 Å². The molecule has 1 nitrogen and oxygen atoms in total. The van der Waals surface area contributed by atoms with E-state index in [1.54, 1.807) is 0 Å². The van der Waals surface area contributed by atoms with Crippen LogP contribution in [0.1, 0.15) is 11.6 Å². The van der Waals surface area contributed by atoms with Crippen molar-refractivity contribution in [3.05, 3.63) is 35.9 Å². The lowest BCUT2D eigenvalue weighted by Crippen LogP contribution is -2.18. The van der Waals surface area contributed by atoms with Crippen molar-refractivity contribution in [2.75, 3.05) is 19.1 Å². The molecule has 1 N–H and O–H groups in total. The molecule has 0 radical (unpaired) electrons. The van der Waals surface area contributed by atoms with Gasteiger partial charge in [0.25, 0.3) is 0 Å². The van der Waals surface area contributed by atoms with E-state index >= 15 is 0 Å². The van der Waals surface area contributed by atoms with Crippen molar-refractivity contribution >= 4 is 11.8 Å². The Balaban J connectivity index is 2.66. The first-order chi connectivity index (χ1) is 5.88. The largest absolute Gasteiger partial charge is 0.312 e. The van der Waals surface area contributed by atoms with E-state index in [1.165, 1.54) is 5.56 Å². The number of hydrogen-bond donors (Lipinski definition) is 1. The fourth-order valence-corrected chi connectivity index (χ4v) is 1.89. The fourth-order valence-electron chi connectivity index (χ4n) is 1.20. The molecule has 0 amide bonds. The second-order valence-electron chi connectivity index (χ2n) is 2.71. The van der Waals surface area contributed by atoms with Crippen LogP contribution in [-0.4, -0.2) is 19.1 Å². The molecule has 66 valence electrons. The minimum absolute atomic E-state index is 0.487. The predicted octanol–water partition coefficient (Wildman–Crippen LogP) is 2.31. The third-order valence-corrected chi connectivity index (χ3v) is 2.55. The summed E-state index contributed by atoms with van der Waals surface area (Å²) in [5.74, 6) is 1.13. The molecule has 0 aliphatic carbocycles. The molecule has 0 saturated carbocycles. The lowest BCUT2D eigenvalue weighted by molar-refractivity contribution is 0.662. The summed E-state index contributed by atoms with van der Waals surface area (Å²) in [4.78, 5) is 0. The Hall–Kier alpha value is -0.470. The zero-order chi connectivity index (χ0) is 8.81. The second kappa shape index (κ2) is 5.22. The van der Waals surface area contributed by atoms with Crippen LogP contribution in [-0.2, 0) is 0 Å².